The third-order valence-electron chi connectivity index (χ3n) is 3.18. The van der Waals surface area contributed by atoms with Gasteiger partial charge in [-0.1, -0.05) is 0 Å². The molecule has 23 heavy (non-hydrogen) atoms. The number of aliphatic hydroxyl groups excluding tert-OH is 1. The zero-order chi connectivity index (χ0) is 18.1. The molecule has 3 N–H and O–H groups in total. The Kier molecular flexibility index (Phi) is 5.53. The number of carboxylic acid groups (broad SMARTS) is 1. The van der Waals surface area contributed by atoms with Gasteiger partial charge in [0.1, 0.15) is 5.60 Å². The number of rotatable bonds is 5. The highest BCUT2D eigenvalue weighted by Crippen LogP contribution is 2.28. The molecule has 10 heteroatoms. The lowest BCUT2D eigenvalue weighted by Crippen LogP contribution is -2.72. The summed E-state index contributed by atoms with van der Waals surface area (Å²) in [5.41, 5.74) is -1.95. The Balaban J connectivity index is 2.63. The maximum atomic E-state index is 12.3. The summed E-state index contributed by atoms with van der Waals surface area (Å²) in [5.74, 6) is -1.22. The van der Waals surface area contributed by atoms with Gasteiger partial charge in [0.25, 0.3) is 0 Å². The molecule has 1 unspecified atom stereocenters. The normalized spacial score (nSPS) is 19.0. The van der Waals surface area contributed by atoms with Crippen LogP contribution >= 0.6 is 0 Å². The van der Waals surface area contributed by atoms with Gasteiger partial charge in [-0.25, -0.2) is 4.79 Å². The molecule has 1 amide bonds. The van der Waals surface area contributed by atoms with Crippen LogP contribution in [0, 0.1) is 0 Å². The maximum absolute atomic E-state index is 12.3. The monoisotopic (exact) mass is 342 g/mol. The molecule has 0 aromatic heterocycles. The third-order valence-corrected chi connectivity index (χ3v) is 3.18. The number of nitrogens with zero attached hydrogens (tertiary/aromatic N) is 1. The van der Waals surface area contributed by atoms with E-state index in [1.165, 1.54) is 4.90 Å². The molecule has 1 atom stereocenters. The van der Waals surface area contributed by atoms with Gasteiger partial charge in [0.2, 0.25) is 0 Å². The van der Waals surface area contributed by atoms with Crippen molar-refractivity contribution >= 4 is 12.1 Å². The van der Waals surface area contributed by atoms with E-state index in [2.05, 4.69) is 5.32 Å². The van der Waals surface area contributed by atoms with Gasteiger partial charge in [0, 0.05) is 19.6 Å². The number of hydrogen-bond donors (Lipinski definition) is 3. The standard InChI is InChI=1S/C13H21F3N2O5/c1-11(2,3)23-10(22)18-6-12(7-18,4-9(20)21)17-5-8(19)13(14,15)16/h8,17,19H,4-7H2,1-3H3,(H,20,21). The second-order valence-electron chi connectivity index (χ2n) is 6.63. The van der Waals surface area contributed by atoms with Crippen molar-refractivity contribution in [2.45, 2.75) is 50.6 Å². The minimum absolute atomic E-state index is 0.112. The van der Waals surface area contributed by atoms with Crippen LogP contribution in [0.15, 0.2) is 0 Å². The van der Waals surface area contributed by atoms with Crippen LogP contribution in [-0.4, -0.2) is 70.2 Å². The van der Waals surface area contributed by atoms with Gasteiger partial charge in [0.15, 0.2) is 6.10 Å². The number of amides is 1. The van der Waals surface area contributed by atoms with Crippen molar-refractivity contribution in [1.29, 1.82) is 0 Å². The van der Waals surface area contributed by atoms with E-state index < -0.39 is 48.4 Å². The first kappa shape index (κ1) is 19.5. The second-order valence-corrected chi connectivity index (χ2v) is 6.63. The quantitative estimate of drug-likeness (QED) is 0.688. The topological polar surface area (TPSA) is 99.1 Å². The minimum Gasteiger partial charge on any atom is -0.481 e. The Labute approximate surface area is 131 Å². The van der Waals surface area contributed by atoms with Crippen LogP contribution in [0.1, 0.15) is 27.2 Å². The van der Waals surface area contributed by atoms with Crippen LogP contribution in [0.2, 0.25) is 0 Å². The SMILES string of the molecule is CC(C)(C)OC(=O)N1CC(CC(=O)O)(NCC(O)C(F)(F)F)C1. The van der Waals surface area contributed by atoms with Crippen molar-refractivity contribution in [3.8, 4) is 0 Å². The van der Waals surface area contributed by atoms with Crippen molar-refractivity contribution in [1.82, 2.24) is 10.2 Å². The number of carboxylic acids is 1. The number of halogens is 3. The van der Waals surface area contributed by atoms with Crippen molar-refractivity contribution in [2.75, 3.05) is 19.6 Å². The van der Waals surface area contributed by atoms with E-state index in [1.54, 1.807) is 20.8 Å². The number of alkyl halides is 3. The fourth-order valence-corrected chi connectivity index (χ4v) is 2.14. The highest BCUT2D eigenvalue weighted by molar-refractivity contribution is 5.73. The lowest BCUT2D eigenvalue weighted by Gasteiger charge is -2.50. The summed E-state index contributed by atoms with van der Waals surface area (Å²) in [6.45, 7) is 3.91. The molecule has 1 fully saturated rings. The van der Waals surface area contributed by atoms with Crippen molar-refractivity contribution in [2.24, 2.45) is 0 Å². The number of nitrogens with one attached hydrogen (secondary N) is 1. The molecule has 1 aliphatic rings. The van der Waals surface area contributed by atoms with Crippen LogP contribution in [0.4, 0.5) is 18.0 Å². The van der Waals surface area contributed by atoms with Gasteiger partial charge >= 0.3 is 18.2 Å². The molecule has 1 saturated heterocycles. The smallest absolute Gasteiger partial charge is 0.415 e. The van der Waals surface area contributed by atoms with Crippen LogP contribution in [0.5, 0.6) is 0 Å². The predicted octanol–water partition coefficient (Wildman–Crippen LogP) is 0.963. The molecule has 0 saturated carbocycles. The summed E-state index contributed by atoms with van der Waals surface area (Å²) in [6.07, 6.45) is -8.55. The van der Waals surface area contributed by atoms with Crippen molar-refractivity contribution < 1.29 is 37.7 Å². The van der Waals surface area contributed by atoms with E-state index in [1.807, 2.05) is 0 Å². The molecule has 134 valence electrons. The van der Waals surface area contributed by atoms with Gasteiger partial charge in [-0.2, -0.15) is 13.2 Å². The molecular formula is C13H21F3N2O5. The summed E-state index contributed by atoms with van der Waals surface area (Å²) >= 11 is 0. The van der Waals surface area contributed by atoms with Crippen LogP contribution in [0.25, 0.3) is 0 Å². The number of hydrogen-bond acceptors (Lipinski definition) is 5. The number of β-amino-alcohol motifs (C(OH)–C–C–N with tert-alkyl or cyclic N) is 1. The highest BCUT2D eigenvalue weighted by Gasteiger charge is 2.49. The van der Waals surface area contributed by atoms with E-state index >= 15 is 0 Å². The molecule has 7 nitrogen and oxygen atoms in total. The number of aliphatic hydroxyl groups is 1. The maximum Gasteiger partial charge on any atom is 0.415 e. The summed E-state index contributed by atoms with van der Waals surface area (Å²) in [7, 11) is 0. The van der Waals surface area contributed by atoms with Crippen molar-refractivity contribution in [3.05, 3.63) is 0 Å². The molecule has 1 heterocycles. The van der Waals surface area contributed by atoms with E-state index in [9.17, 15) is 22.8 Å². The highest BCUT2D eigenvalue weighted by atomic mass is 19.4. The average Bonchev–Trinajstić information content (AvgIpc) is 2.26. The molecule has 0 bridgehead atoms. The lowest BCUT2D eigenvalue weighted by molar-refractivity contribution is -0.203. The Hall–Kier alpha value is -1.55. The summed E-state index contributed by atoms with van der Waals surface area (Å²) in [4.78, 5) is 23.9. The molecule has 0 aliphatic carbocycles. The minimum atomic E-state index is -4.80. The first-order valence-electron chi connectivity index (χ1n) is 6.94. The van der Waals surface area contributed by atoms with Crippen LogP contribution in [0.3, 0.4) is 0 Å². The Morgan fingerprint density at radius 2 is 1.83 bits per heavy atom. The van der Waals surface area contributed by atoms with Crippen molar-refractivity contribution in [3.63, 3.8) is 0 Å². The van der Waals surface area contributed by atoms with Gasteiger partial charge in [-0.3, -0.25) is 4.79 Å². The van der Waals surface area contributed by atoms with Gasteiger partial charge in [-0.15, -0.1) is 0 Å². The predicted molar refractivity (Wildman–Crippen MR) is 72.9 cm³/mol. The van der Waals surface area contributed by atoms with E-state index in [0.717, 1.165) is 0 Å². The average molecular weight is 342 g/mol. The number of aliphatic carboxylic acids is 1. The molecule has 0 aromatic rings. The third kappa shape index (κ3) is 5.87. The first-order chi connectivity index (χ1) is 10.2. The number of carbonyl (C=O) groups excluding carboxylic acids is 1. The largest absolute Gasteiger partial charge is 0.481 e. The number of likely N-dealkylation sites (tertiary alicyclic amines) is 1. The molecule has 1 aliphatic heterocycles. The zero-order valence-corrected chi connectivity index (χ0v) is 13.1. The summed E-state index contributed by atoms with van der Waals surface area (Å²) in [5, 5.41) is 20.3. The molecular weight excluding hydrogens is 321 g/mol. The molecule has 0 aromatic carbocycles. The second kappa shape index (κ2) is 6.52. The van der Waals surface area contributed by atoms with Crippen LogP contribution in [-0.2, 0) is 9.53 Å². The Morgan fingerprint density at radius 3 is 2.22 bits per heavy atom. The molecule has 1 rings (SSSR count). The number of ether oxygens (including phenoxy) is 1. The van der Waals surface area contributed by atoms with E-state index in [0.29, 0.717) is 0 Å². The zero-order valence-electron chi connectivity index (χ0n) is 13.1. The molecule has 0 spiro atoms. The Morgan fingerprint density at radius 1 is 1.30 bits per heavy atom. The van der Waals surface area contributed by atoms with Crippen LogP contribution < -0.4 is 5.32 Å². The molecule has 0 radical (unpaired) electrons. The fourth-order valence-electron chi connectivity index (χ4n) is 2.14. The van der Waals surface area contributed by atoms with Gasteiger partial charge in [0.05, 0.1) is 12.0 Å². The van der Waals surface area contributed by atoms with E-state index in [4.69, 9.17) is 14.9 Å². The summed E-state index contributed by atoms with van der Waals surface area (Å²) < 4.78 is 42.0. The van der Waals surface area contributed by atoms with Gasteiger partial charge < -0.3 is 25.2 Å². The summed E-state index contributed by atoms with van der Waals surface area (Å²) in [6, 6.07) is 0. The lowest BCUT2D eigenvalue weighted by atomic mass is 9.86. The first-order valence-corrected chi connectivity index (χ1v) is 6.94. The number of carbonyl (C=O) groups is 2. The van der Waals surface area contributed by atoms with E-state index in [-0.39, 0.29) is 13.1 Å². The fraction of sp³-hybridized carbons (Fsp3) is 0.846. The Bertz CT molecular complexity index is 456. The van der Waals surface area contributed by atoms with Gasteiger partial charge in [-0.05, 0) is 20.8 Å².